The highest BCUT2D eigenvalue weighted by Crippen LogP contribution is 2.41. The first kappa shape index (κ1) is 14.0. The van der Waals surface area contributed by atoms with Crippen molar-refractivity contribution in [3.05, 3.63) is 34.1 Å². The van der Waals surface area contributed by atoms with E-state index in [1.165, 1.54) is 18.9 Å². The smallest absolute Gasteiger partial charge is 0.126 e. The van der Waals surface area contributed by atoms with Gasteiger partial charge in [-0.3, -0.25) is 0 Å². The molecule has 3 heteroatoms. The molecule has 0 aliphatic heterocycles. The first-order valence-corrected chi connectivity index (χ1v) is 7.48. The Kier molecular flexibility index (Phi) is 4.44. The predicted octanol–water partition coefficient (Wildman–Crippen LogP) is 4.29. The lowest BCUT2D eigenvalue weighted by Crippen LogP contribution is -2.36. The Hall–Kier alpha value is -0.410. The van der Waals surface area contributed by atoms with Crippen LogP contribution in [0.4, 0.5) is 4.39 Å². The molecule has 1 saturated carbocycles. The lowest BCUT2D eigenvalue weighted by Gasteiger charge is -2.39. The van der Waals surface area contributed by atoms with Gasteiger partial charge in [0.1, 0.15) is 5.82 Å². The number of nitrogens with two attached hydrogens (primary N) is 1. The van der Waals surface area contributed by atoms with Crippen LogP contribution in [0.3, 0.4) is 0 Å². The maximum atomic E-state index is 13.8. The molecule has 1 aliphatic carbocycles. The highest BCUT2D eigenvalue weighted by Gasteiger charge is 2.33. The Balaban J connectivity index is 2.17. The Morgan fingerprint density at radius 1 is 1.39 bits per heavy atom. The van der Waals surface area contributed by atoms with Gasteiger partial charge in [0.2, 0.25) is 0 Å². The third-order valence-corrected chi connectivity index (χ3v) is 4.83. The average Bonchev–Trinajstić information content (AvgIpc) is 2.37. The largest absolute Gasteiger partial charge is 0.330 e. The van der Waals surface area contributed by atoms with E-state index in [1.54, 1.807) is 6.07 Å². The van der Waals surface area contributed by atoms with Gasteiger partial charge in [0.15, 0.2) is 0 Å². The van der Waals surface area contributed by atoms with Gasteiger partial charge in [0, 0.05) is 4.47 Å². The molecule has 1 aromatic carbocycles. The molecular formula is C15H21BrFN. The molecule has 0 radical (unpaired) electrons. The van der Waals surface area contributed by atoms with E-state index in [1.807, 2.05) is 6.07 Å². The summed E-state index contributed by atoms with van der Waals surface area (Å²) in [4.78, 5) is 0. The highest BCUT2D eigenvalue weighted by atomic mass is 79.9. The van der Waals surface area contributed by atoms with Gasteiger partial charge in [-0.15, -0.1) is 0 Å². The molecule has 1 aromatic rings. The highest BCUT2D eigenvalue weighted by molar-refractivity contribution is 9.10. The summed E-state index contributed by atoms with van der Waals surface area (Å²) >= 11 is 3.41. The van der Waals surface area contributed by atoms with Crippen molar-refractivity contribution in [3.63, 3.8) is 0 Å². The quantitative estimate of drug-likeness (QED) is 0.885. The zero-order valence-corrected chi connectivity index (χ0v) is 12.5. The average molecular weight is 314 g/mol. The fraction of sp³-hybridized carbons (Fsp3) is 0.600. The van der Waals surface area contributed by atoms with Gasteiger partial charge in [-0.25, -0.2) is 4.39 Å². The van der Waals surface area contributed by atoms with E-state index in [4.69, 9.17) is 5.73 Å². The summed E-state index contributed by atoms with van der Waals surface area (Å²) in [6.07, 6.45) is 5.44. The molecule has 2 rings (SSSR count). The third kappa shape index (κ3) is 3.12. The van der Waals surface area contributed by atoms with Crippen molar-refractivity contribution in [2.45, 2.75) is 39.0 Å². The monoisotopic (exact) mass is 313 g/mol. The zero-order chi connectivity index (χ0) is 13.2. The summed E-state index contributed by atoms with van der Waals surface area (Å²) < 4.78 is 14.8. The van der Waals surface area contributed by atoms with Crippen LogP contribution in [0, 0.1) is 17.2 Å². The molecule has 18 heavy (non-hydrogen) atoms. The minimum Gasteiger partial charge on any atom is -0.330 e. The van der Waals surface area contributed by atoms with Crippen LogP contribution in [0.2, 0.25) is 0 Å². The predicted molar refractivity (Wildman–Crippen MR) is 76.9 cm³/mol. The van der Waals surface area contributed by atoms with E-state index < -0.39 is 0 Å². The molecule has 0 heterocycles. The molecule has 0 saturated heterocycles. The molecule has 0 bridgehead atoms. The third-order valence-electron chi connectivity index (χ3n) is 4.34. The Bertz CT molecular complexity index is 411. The van der Waals surface area contributed by atoms with Crippen LogP contribution < -0.4 is 5.73 Å². The summed E-state index contributed by atoms with van der Waals surface area (Å²) in [5.41, 5.74) is 6.89. The van der Waals surface area contributed by atoms with Crippen molar-refractivity contribution in [3.8, 4) is 0 Å². The van der Waals surface area contributed by atoms with Crippen LogP contribution in [0.15, 0.2) is 22.7 Å². The second-order valence-corrected chi connectivity index (χ2v) is 6.71. The molecule has 0 amide bonds. The second kappa shape index (κ2) is 5.70. The van der Waals surface area contributed by atoms with Gasteiger partial charge in [-0.1, -0.05) is 35.7 Å². The lowest BCUT2D eigenvalue weighted by molar-refractivity contribution is 0.162. The minimum atomic E-state index is -0.107. The molecule has 0 unspecified atom stereocenters. The second-order valence-electron chi connectivity index (χ2n) is 5.80. The standard InChI is InChI=1S/C15H21BrFN/c1-11-4-6-15(10-18,7-5-11)9-12-8-13(16)2-3-14(12)17/h2-3,8,11H,4-7,9-10,18H2,1H3. The first-order chi connectivity index (χ1) is 8.54. The molecule has 100 valence electrons. The van der Waals surface area contributed by atoms with Crippen molar-refractivity contribution in [1.29, 1.82) is 0 Å². The molecule has 0 spiro atoms. The summed E-state index contributed by atoms with van der Waals surface area (Å²) in [6.45, 7) is 2.95. The number of rotatable bonds is 3. The van der Waals surface area contributed by atoms with Crippen LogP contribution in [-0.4, -0.2) is 6.54 Å². The van der Waals surface area contributed by atoms with E-state index in [0.29, 0.717) is 6.54 Å². The summed E-state index contributed by atoms with van der Waals surface area (Å²) in [5.74, 6) is 0.682. The van der Waals surface area contributed by atoms with Gasteiger partial charge < -0.3 is 5.73 Å². The van der Waals surface area contributed by atoms with Crippen LogP contribution in [0.5, 0.6) is 0 Å². The van der Waals surface area contributed by atoms with Crippen LogP contribution >= 0.6 is 15.9 Å². The van der Waals surface area contributed by atoms with Crippen molar-refractivity contribution in [2.75, 3.05) is 6.54 Å². The van der Waals surface area contributed by atoms with Gasteiger partial charge in [-0.05, 0) is 60.9 Å². The Labute approximate surface area is 117 Å². The Morgan fingerprint density at radius 3 is 2.67 bits per heavy atom. The van der Waals surface area contributed by atoms with E-state index >= 15 is 0 Å². The summed E-state index contributed by atoms with van der Waals surface area (Å²) in [7, 11) is 0. The lowest BCUT2D eigenvalue weighted by atomic mass is 9.68. The van der Waals surface area contributed by atoms with Gasteiger partial charge in [-0.2, -0.15) is 0 Å². The van der Waals surface area contributed by atoms with E-state index in [-0.39, 0.29) is 11.2 Å². The molecule has 1 aliphatic rings. The summed E-state index contributed by atoms with van der Waals surface area (Å²) in [6, 6.07) is 5.18. The fourth-order valence-electron chi connectivity index (χ4n) is 2.91. The molecule has 1 fully saturated rings. The number of benzene rings is 1. The fourth-order valence-corrected chi connectivity index (χ4v) is 3.32. The summed E-state index contributed by atoms with van der Waals surface area (Å²) in [5, 5.41) is 0. The molecule has 1 nitrogen and oxygen atoms in total. The van der Waals surface area contributed by atoms with Crippen molar-refractivity contribution in [2.24, 2.45) is 17.1 Å². The first-order valence-electron chi connectivity index (χ1n) is 6.69. The van der Waals surface area contributed by atoms with Crippen LogP contribution in [-0.2, 0) is 6.42 Å². The van der Waals surface area contributed by atoms with E-state index in [9.17, 15) is 4.39 Å². The Morgan fingerprint density at radius 2 is 2.06 bits per heavy atom. The zero-order valence-electron chi connectivity index (χ0n) is 10.9. The minimum absolute atomic E-state index is 0.105. The number of halogens is 2. The normalized spacial score (nSPS) is 28.3. The topological polar surface area (TPSA) is 26.0 Å². The van der Waals surface area contributed by atoms with Crippen molar-refractivity contribution in [1.82, 2.24) is 0 Å². The van der Waals surface area contributed by atoms with Gasteiger partial charge in [0.25, 0.3) is 0 Å². The number of hydrogen-bond donors (Lipinski definition) is 1. The van der Waals surface area contributed by atoms with Gasteiger partial charge >= 0.3 is 0 Å². The SMILES string of the molecule is CC1CCC(CN)(Cc2cc(Br)ccc2F)CC1. The molecule has 2 N–H and O–H groups in total. The van der Waals surface area contributed by atoms with Crippen molar-refractivity contribution < 1.29 is 4.39 Å². The molecule has 0 atom stereocenters. The maximum Gasteiger partial charge on any atom is 0.126 e. The maximum absolute atomic E-state index is 13.8. The van der Waals surface area contributed by atoms with E-state index in [0.717, 1.165) is 35.2 Å². The van der Waals surface area contributed by atoms with E-state index in [2.05, 4.69) is 22.9 Å². The van der Waals surface area contributed by atoms with Crippen LogP contribution in [0.25, 0.3) is 0 Å². The van der Waals surface area contributed by atoms with Gasteiger partial charge in [0.05, 0.1) is 0 Å². The van der Waals surface area contributed by atoms with Crippen molar-refractivity contribution >= 4 is 15.9 Å². The van der Waals surface area contributed by atoms with Crippen LogP contribution in [0.1, 0.15) is 38.2 Å². The molecule has 0 aromatic heterocycles. The number of hydrogen-bond acceptors (Lipinski definition) is 1. The molecular weight excluding hydrogens is 293 g/mol.